The third-order valence-corrected chi connectivity index (χ3v) is 1.84. The van der Waals surface area contributed by atoms with E-state index in [4.69, 9.17) is 16.7 Å². The van der Waals surface area contributed by atoms with Crippen molar-refractivity contribution in [1.29, 1.82) is 0 Å². The van der Waals surface area contributed by atoms with E-state index in [0.717, 1.165) is 5.56 Å². The molecule has 0 bridgehead atoms. The van der Waals surface area contributed by atoms with Crippen molar-refractivity contribution < 1.29 is 14.6 Å². The van der Waals surface area contributed by atoms with Crippen LogP contribution in [0.2, 0.25) is 5.02 Å². The monoisotopic (exact) mass is 200 g/mol. The second kappa shape index (κ2) is 4.14. The van der Waals surface area contributed by atoms with Crippen molar-refractivity contribution in [2.45, 2.75) is 13.3 Å². The van der Waals surface area contributed by atoms with Gasteiger partial charge in [-0.25, -0.2) is 4.79 Å². The number of halogens is 1. The minimum atomic E-state index is -1.31. The van der Waals surface area contributed by atoms with Crippen molar-refractivity contribution >= 4 is 17.8 Å². The van der Waals surface area contributed by atoms with Crippen molar-refractivity contribution in [2.75, 3.05) is 0 Å². The average Bonchev–Trinajstić information content (AvgIpc) is 2.07. The Balaban J connectivity index is 2.99. The first kappa shape index (κ1) is 9.86. The van der Waals surface area contributed by atoms with E-state index in [1.54, 1.807) is 18.2 Å². The Hall–Kier alpha value is -1.22. The maximum Gasteiger partial charge on any atom is 0.511 e. The molecule has 0 aliphatic rings. The van der Waals surface area contributed by atoms with Crippen LogP contribution in [0.4, 0.5) is 4.79 Å². The van der Waals surface area contributed by atoms with Gasteiger partial charge in [0.25, 0.3) is 0 Å². The smallest absolute Gasteiger partial charge is 0.449 e. The normalized spacial score (nSPS) is 9.69. The highest BCUT2D eigenvalue weighted by molar-refractivity contribution is 6.30. The SMILES string of the molecule is CCc1cc(Cl)ccc1OC(=O)O. The molecule has 0 aromatic heterocycles. The van der Waals surface area contributed by atoms with Gasteiger partial charge in [0, 0.05) is 5.02 Å². The lowest BCUT2D eigenvalue weighted by molar-refractivity contribution is 0.144. The van der Waals surface area contributed by atoms with Crippen LogP contribution in [0.25, 0.3) is 0 Å². The van der Waals surface area contributed by atoms with E-state index in [1.165, 1.54) is 0 Å². The Kier molecular flexibility index (Phi) is 3.14. The summed E-state index contributed by atoms with van der Waals surface area (Å²) in [6, 6.07) is 4.84. The number of benzene rings is 1. The van der Waals surface area contributed by atoms with E-state index >= 15 is 0 Å². The van der Waals surface area contributed by atoms with Crippen LogP contribution in [0, 0.1) is 0 Å². The summed E-state index contributed by atoms with van der Waals surface area (Å²) >= 11 is 5.73. The lowest BCUT2D eigenvalue weighted by Gasteiger charge is -2.05. The van der Waals surface area contributed by atoms with Crippen LogP contribution < -0.4 is 4.74 Å². The number of carbonyl (C=O) groups is 1. The minimum Gasteiger partial charge on any atom is -0.449 e. The molecule has 4 heteroatoms. The standard InChI is InChI=1S/C9H9ClO3/c1-2-6-5-7(10)3-4-8(6)13-9(11)12/h3-5H,2H2,1H3,(H,11,12). The summed E-state index contributed by atoms with van der Waals surface area (Å²) in [6.07, 6.45) is -0.625. The van der Waals surface area contributed by atoms with Crippen LogP contribution in [0.15, 0.2) is 18.2 Å². The summed E-state index contributed by atoms with van der Waals surface area (Å²) in [4.78, 5) is 10.3. The molecule has 0 unspecified atom stereocenters. The van der Waals surface area contributed by atoms with Gasteiger partial charge in [-0.2, -0.15) is 0 Å². The van der Waals surface area contributed by atoms with E-state index in [1.807, 2.05) is 6.92 Å². The summed E-state index contributed by atoms with van der Waals surface area (Å²) in [5, 5.41) is 8.98. The van der Waals surface area contributed by atoms with Crippen LogP contribution >= 0.6 is 11.6 Å². The molecule has 0 aliphatic heterocycles. The van der Waals surface area contributed by atoms with E-state index in [-0.39, 0.29) is 0 Å². The fourth-order valence-corrected chi connectivity index (χ4v) is 1.21. The Labute approximate surface area is 80.9 Å². The molecule has 70 valence electrons. The lowest BCUT2D eigenvalue weighted by atomic mass is 10.1. The number of ether oxygens (including phenoxy) is 1. The Morgan fingerprint density at radius 3 is 2.85 bits per heavy atom. The van der Waals surface area contributed by atoms with E-state index in [9.17, 15) is 4.79 Å². The van der Waals surface area contributed by atoms with Gasteiger partial charge in [0.1, 0.15) is 5.75 Å². The van der Waals surface area contributed by atoms with Crippen molar-refractivity contribution in [3.05, 3.63) is 28.8 Å². The molecule has 0 fully saturated rings. The van der Waals surface area contributed by atoms with Gasteiger partial charge in [-0.05, 0) is 30.2 Å². The third-order valence-electron chi connectivity index (χ3n) is 1.60. The second-order valence-electron chi connectivity index (χ2n) is 2.47. The molecule has 0 atom stereocenters. The topological polar surface area (TPSA) is 46.5 Å². The van der Waals surface area contributed by atoms with Crippen LogP contribution in [0.5, 0.6) is 5.75 Å². The van der Waals surface area contributed by atoms with E-state index in [2.05, 4.69) is 4.74 Å². The van der Waals surface area contributed by atoms with Crippen molar-refractivity contribution in [1.82, 2.24) is 0 Å². The largest absolute Gasteiger partial charge is 0.511 e. The van der Waals surface area contributed by atoms with Crippen LogP contribution in [-0.4, -0.2) is 11.3 Å². The molecule has 0 heterocycles. The van der Waals surface area contributed by atoms with Gasteiger partial charge in [-0.1, -0.05) is 18.5 Å². The van der Waals surface area contributed by atoms with E-state index in [0.29, 0.717) is 17.2 Å². The highest BCUT2D eigenvalue weighted by Gasteiger charge is 2.06. The Morgan fingerprint density at radius 1 is 1.62 bits per heavy atom. The predicted octanol–water partition coefficient (Wildman–Crippen LogP) is 2.96. The summed E-state index contributed by atoms with van der Waals surface area (Å²) in [7, 11) is 0. The van der Waals surface area contributed by atoms with Crippen LogP contribution in [0.3, 0.4) is 0 Å². The van der Waals surface area contributed by atoms with Crippen LogP contribution in [-0.2, 0) is 6.42 Å². The molecule has 13 heavy (non-hydrogen) atoms. The second-order valence-corrected chi connectivity index (χ2v) is 2.91. The number of hydrogen-bond donors (Lipinski definition) is 1. The van der Waals surface area contributed by atoms with Gasteiger partial charge in [-0.15, -0.1) is 0 Å². The molecule has 1 aromatic carbocycles. The summed E-state index contributed by atoms with van der Waals surface area (Å²) < 4.78 is 4.55. The fourth-order valence-electron chi connectivity index (χ4n) is 1.02. The first-order valence-corrected chi connectivity index (χ1v) is 4.20. The molecule has 0 radical (unpaired) electrons. The highest BCUT2D eigenvalue weighted by Crippen LogP contribution is 2.23. The van der Waals surface area contributed by atoms with Gasteiger partial charge < -0.3 is 9.84 Å². The molecule has 0 amide bonds. The van der Waals surface area contributed by atoms with Crippen molar-refractivity contribution in [2.24, 2.45) is 0 Å². The third kappa shape index (κ3) is 2.63. The minimum absolute atomic E-state index is 0.347. The quantitative estimate of drug-likeness (QED) is 0.590. The lowest BCUT2D eigenvalue weighted by Crippen LogP contribution is -2.04. The predicted molar refractivity (Wildman–Crippen MR) is 49.5 cm³/mol. The Bertz CT molecular complexity index is 323. The first-order valence-electron chi connectivity index (χ1n) is 3.82. The molecule has 1 aromatic rings. The fraction of sp³-hybridized carbons (Fsp3) is 0.222. The molecule has 3 nitrogen and oxygen atoms in total. The molecule has 1 N–H and O–H groups in total. The number of hydrogen-bond acceptors (Lipinski definition) is 2. The maximum atomic E-state index is 10.3. The molecule has 0 aliphatic carbocycles. The van der Waals surface area contributed by atoms with Gasteiger partial charge in [-0.3, -0.25) is 0 Å². The molecular weight excluding hydrogens is 192 g/mol. The molecular formula is C9H9ClO3. The van der Waals surface area contributed by atoms with Crippen molar-refractivity contribution in [3.63, 3.8) is 0 Å². The number of aryl methyl sites for hydroxylation is 1. The molecule has 0 saturated carbocycles. The zero-order valence-corrected chi connectivity index (χ0v) is 7.84. The van der Waals surface area contributed by atoms with Gasteiger partial charge in [0.2, 0.25) is 0 Å². The van der Waals surface area contributed by atoms with Crippen LogP contribution in [0.1, 0.15) is 12.5 Å². The highest BCUT2D eigenvalue weighted by atomic mass is 35.5. The molecule has 0 saturated heterocycles. The number of carboxylic acid groups (broad SMARTS) is 1. The molecule has 0 spiro atoms. The number of rotatable bonds is 2. The summed E-state index contributed by atoms with van der Waals surface area (Å²) in [5.74, 6) is 0.347. The zero-order chi connectivity index (χ0) is 9.84. The molecule has 1 rings (SSSR count). The van der Waals surface area contributed by atoms with Crippen molar-refractivity contribution in [3.8, 4) is 5.75 Å². The van der Waals surface area contributed by atoms with Gasteiger partial charge >= 0.3 is 6.16 Å². The maximum absolute atomic E-state index is 10.3. The van der Waals surface area contributed by atoms with E-state index < -0.39 is 6.16 Å². The average molecular weight is 201 g/mol. The summed E-state index contributed by atoms with van der Waals surface area (Å²) in [5.41, 5.74) is 0.787. The first-order chi connectivity index (χ1) is 6.13. The zero-order valence-electron chi connectivity index (χ0n) is 7.08. The summed E-state index contributed by atoms with van der Waals surface area (Å²) in [6.45, 7) is 1.90. The van der Waals surface area contributed by atoms with Gasteiger partial charge in [0.15, 0.2) is 0 Å². The Morgan fingerprint density at radius 2 is 2.31 bits per heavy atom. The van der Waals surface area contributed by atoms with Gasteiger partial charge in [0.05, 0.1) is 0 Å².